The number of hydrogen-bond acceptors (Lipinski definition) is 2. The Labute approximate surface area is 70.9 Å². The minimum absolute atomic E-state index is 0.207. The number of ketones is 1. The monoisotopic (exact) mass is 162 g/mol. The Bertz CT molecular complexity index is 344. The van der Waals surface area contributed by atoms with E-state index in [1.807, 2.05) is 19.1 Å². The van der Waals surface area contributed by atoms with Crippen LogP contribution in [-0.2, 0) is 4.79 Å². The van der Waals surface area contributed by atoms with Crippen molar-refractivity contribution < 1.29 is 9.21 Å². The lowest BCUT2D eigenvalue weighted by molar-refractivity contribution is -0.114. The Morgan fingerprint density at radius 3 is 2.67 bits per heavy atom. The summed E-state index contributed by atoms with van der Waals surface area (Å²) in [5.74, 6) is 1.95. The summed E-state index contributed by atoms with van der Waals surface area (Å²) in [5.41, 5.74) is 1.04. The lowest BCUT2D eigenvalue weighted by atomic mass is 10.2. The van der Waals surface area contributed by atoms with Crippen LogP contribution >= 0.6 is 0 Å². The number of hydrogen-bond donors (Lipinski definition) is 0. The minimum Gasteiger partial charge on any atom is -0.462 e. The second-order valence-corrected chi connectivity index (χ2v) is 3.05. The summed E-state index contributed by atoms with van der Waals surface area (Å²) in [7, 11) is 0. The van der Waals surface area contributed by atoms with E-state index in [0.717, 1.165) is 23.5 Å². The van der Waals surface area contributed by atoms with Gasteiger partial charge in [-0.25, -0.2) is 0 Å². The summed E-state index contributed by atoms with van der Waals surface area (Å²) >= 11 is 0. The molecule has 0 bridgehead atoms. The van der Waals surface area contributed by atoms with E-state index in [4.69, 9.17) is 4.42 Å². The third kappa shape index (κ3) is 1.20. The first-order valence-electron chi connectivity index (χ1n) is 4.06. The Balaban J connectivity index is 2.32. The van der Waals surface area contributed by atoms with Gasteiger partial charge in [0.15, 0.2) is 5.78 Å². The molecule has 1 aromatic rings. The topological polar surface area (TPSA) is 30.2 Å². The molecule has 1 heterocycles. The molecule has 2 heteroatoms. The molecule has 1 aromatic heterocycles. The Hall–Kier alpha value is -1.31. The van der Waals surface area contributed by atoms with E-state index in [1.165, 1.54) is 0 Å². The van der Waals surface area contributed by atoms with E-state index in [0.29, 0.717) is 6.42 Å². The van der Waals surface area contributed by atoms with Gasteiger partial charge in [-0.05, 0) is 37.1 Å². The Morgan fingerprint density at radius 1 is 1.33 bits per heavy atom. The second-order valence-electron chi connectivity index (χ2n) is 3.05. The molecule has 0 saturated carbocycles. The van der Waals surface area contributed by atoms with Gasteiger partial charge in [0.25, 0.3) is 0 Å². The van der Waals surface area contributed by atoms with Crippen molar-refractivity contribution in [3.8, 4) is 0 Å². The minimum atomic E-state index is 0.207. The number of allylic oxidation sites excluding steroid dienone is 2. The van der Waals surface area contributed by atoms with Crippen molar-refractivity contribution in [1.82, 2.24) is 0 Å². The molecule has 12 heavy (non-hydrogen) atoms. The largest absolute Gasteiger partial charge is 0.462 e. The summed E-state index contributed by atoms with van der Waals surface area (Å²) in [4.78, 5) is 10.9. The first-order chi connectivity index (χ1) is 5.75. The van der Waals surface area contributed by atoms with E-state index in [1.54, 1.807) is 6.08 Å². The zero-order chi connectivity index (χ0) is 8.55. The van der Waals surface area contributed by atoms with Gasteiger partial charge in [0.1, 0.15) is 11.5 Å². The van der Waals surface area contributed by atoms with Gasteiger partial charge in [-0.2, -0.15) is 0 Å². The van der Waals surface area contributed by atoms with E-state index in [-0.39, 0.29) is 5.78 Å². The molecule has 0 unspecified atom stereocenters. The van der Waals surface area contributed by atoms with Crippen LogP contribution in [-0.4, -0.2) is 5.78 Å². The quantitative estimate of drug-likeness (QED) is 0.634. The molecule has 62 valence electrons. The summed E-state index contributed by atoms with van der Waals surface area (Å²) in [6.45, 7) is 1.90. The number of carbonyl (C=O) groups is 1. The fourth-order valence-corrected chi connectivity index (χ4v) is 1.40. The fourth-order valence-electron chi connectivity index (χ4n) is 1.40. The van der Waals surface area contributed by atoms with Gasteiger partial charge in [0.05, 0.1) is 0 Å². The van der Waals surface area contributed by atoms with Gasteiger partial charge in [-0.15, -0.1) is 0 Å². The highest BCUT2D eigenvalue weighted by Crippen LogP contribution is 2.26. The van der Waals surface area contributed by atoms with Crippen LogP contribution in [0, 0.1) is 6.92 Å². The molecule has 0 amide bonds. The molecule has 2 nitrogen and oxygen atoms in total. The Kier molecular flexibility index (Phi) is 1.61. The normalized spacial score (nSPS) is 16.8. The lowest BCUT2D eigenvalue weighted by Crippen LogP contribution is -1.80. The van der Waals surface area contributed by atoms with Crippen molar-refractivity contribution in [2.45, 2.75) is 19.8 Å². The molecule has 0 saturated heterocycles. The fraction of sp³-hybridized carbons (Fsp3) is 0.300. The third-order valence-electron chi connectivity index (χ3n) is 2.03. The summed E-state index contributed by atoms with van der Waals surface area (Å²) < 4.78 is 5.40. The summed E-state index contributed by atoms with van der Waals surface area (Å²) in [6.07, 6.45) is 3.14. The predicted molar refractivity (Wildman–Crippen MR) is 45.7 cm³/mol. The highest BCUT2D eigenvalue weighted by molar-refractivity contribution is 6.01. The third-order valence-corrected chi connectivity index (χ3v) is 2.03. The van der Waals surface area contributed by atoms with E-state index in [2.05, 4.69) is 0 Å². The van der Waals surface area contributed by atoms with E-state index in [9.17, 15) is 4.79 Å². The van der Waals surface area contributed by atoms with E-state index < -0.39 is 0 Å². The number of furan rings is 1. The molecular formula is C10H10O2. The maximum atomic E-state index is 10.9. The highest BCUT2D eigenvalue weighted by atomic mass is 16.3. The van der Waals surface area contributed by atoms with Gasteiger partial charge in [-0.3, -0.25) is 4.79 Å². The molecule has 0 radical (unpaired) electrons. The zero-order valence-electron chi connectivity index (χ0n) is 6.96. The molecule has 0 spiro atoms. The molecule has 0 fully saturated rings. The average molecular weight is 162 g/mol. The molecule has 2 rings (SSSR count). The van der Waals surface area contributed by atoms with Crippen molar-refractivity contribution in [1.29, 1.82) is 0 Å². The lowest BCUT2D eigenvalue weighted by Gasteiger charge is -1.93. The molecule has 0 N–H and O–H groups in total. The van der Waals surface area contributed by atoms with Gasteiger partial charge < -0.3 is 4.42 Å². The highest BCUT2D eigenvalue weighted by Gasteiger charge is 2.15. The van der Waals surface area contributed by atoms with Crippen LogP contribution in [0.5, 0.6) is 0 Å². The molecule has 0 atom stereocenters. The van der Waals surface area contributed by atoms with Crippen molar-refractivity contribution in [3.05, 3.63) is 29.7 Å². The molecule has 0 aliphatic heterocycles. The smallest absolute Gasteiger partial charge is 0.156 e. The molecule has 0 aromatic carbocycles. The van der Waals surface area contributed by atoms with Crippen LogP contribution in [0.4, 0.5) is 0 Å². The first kappa shape index (κ1) is 7.35. The van der Waals surface area contributed by atoms with Crippen LogP contribution in [0.3, 0.4) is 0 Å². The standard InChI is InChI=1S/C10H10O2/c1-7-2-5-10(12-7)8-3-4-9(11)6-8/h2,5-6H,3-4H2,1H3. The van der Waals surface area contributed by atoms with Gasteiger partial charge in [-0.1, -0.05) is 0 Å². The first-order valence-corrected chi connectivity index (χ1v) is 4.06. The summed E-state index contributed by atoms with van der Waals surface area (Å²) in [6, 6.07) is 3.83. The number of carbonyl (C=O) groups excluding carboxylic acids is 1. The maximum Gasteiger partial charge on any atom is 0.156 e. The van der Waals surface area contributed by atoms with Crippen LogP contribution < -0.4 is 0 Å². The van der Waals surface area contributed by atoms with Crippen LogP contribution in [0.2, 0.25) is 0 Å². The van der Waals surface area contributed by atoms with Crippen LogP contribution in [0.25, 0.3) is 5.57 Å². The SMILES string of the molecule is Cc1ccc(C2=CC(=O)CC2)o1. The van der Waals surface area contributed by atoms with Gasteiger partial charge >= 0.3 is 0 Å². The maximum absolute atomic E-state index is 10.9. The molecule has 1 aliphatic rings. The van der Waals surface area contributed by atoms with Crippen molar-refractivity contribution >= 4 is 11.4 Å². The number of aryl methyl sites for hydroxylation is 1. The molecular weight excluding hydrogens is 152 g/mol. The van der Waals surface area contributed by atoms with Gasteiger partial charge in [0, 0.05) is 6.42 Å². The summed E-state index contributed by atoms with van der Waals surface area (Å²) in [5, 5.41) is 0. The van der Waals surface area contributed by atoms with Crippen LogP contribution in [0.1, 0.15) is 24.4 Å². The van der Waals surface area contributed by atoms with Crippen molar-refractivity contribution in [3.63, 3.8) is 0 Å². The second kappa shape index (κ2) is 2.63. The van der Waals surface area contributed by atoms with Crippen LogP contribution in [0.15, 0.2) is 22.6 Å². The van der Waals surface area contributed by atoms with E-state index >= 15 is 0 Å². The molecule has 1 aliphatic carbocycles. The van der Waals surface area contributed by atoms with Crippen molar-refractivity contribution in [2.75, 3.05) is 0 Å². The zero-order valence-corrected chi connectivity index (χ0v) is 6.96. The van der Waals surface area contributed by atoms with Gasteiger partial charge in [0.2, 0.25) is 0 Å². The number of rotatable bonds is 1. The van der Waals surface area contributed by atoms with Crippen molar-refractivity contribution in [2.24, 2.45) is 0 Å². The Morgan fingerprint density at radius 2 is 2.17 bits per heavy atom. The average Bonchev–Trinajstić information content (AvgIpc) is 2.58. The predicted octanol–water partition coefficient (Wildman–Crippen LogP) is 2.33.